The Kier molecular flexibility index (Phi) is 7.86. The summed E-state index contributed by atoms with van der Waals surface area (Å²) in [5, 5.41) is 1.35. The first-order valence-electron chi connectivity index (χ1n) is 16.3. The largest absolute Gasteiger partial charge is 0.348 e. The van der Waals surface area contributed by atoms with Crippen LogP contribution in [0.4, 0.5) is 0 Å². The highest BCUT2D eigenvalue weighted by molar-refractivity contribution is 5.92. The van der Waals surface area contributed by atoms with Crippen LogP contribution in [0.5, 0.6) is 0 Å². The van der Waals surface area contributed by atoms with Crippen LogP contribution in [-0.4, -0.2) is 54.0 Å². The van der Waals surface area contributed by atoms with Crippen LogP contribution in [0.25, 0.3) is 10.9 Å². The Morgan fingerprint density at radius 1 is 0.773 bits per heavy atom. The molecule has 1 saturated heterocycles. The highest BCUT2D eigenvalue weighted by Crippen LogP contribution is 2.44. The lowest BCUT2D eigenvalue weighted by Crippen LogP contribution is -2.47. The Morgan fingerprint density at radius 3 is 2.07 bits per heavy atom. The Balaban J connectivity index is 1.16. The lowest BCUT2D eigenvalue weighted by Gasteiger charge is -2.40. The van der Waals surface area contributed by atoms with Crippen molar-refractivity contribution >= 4 is 16.8 Å². The van der Waals surface area contributed by atoms with Gasteiger partial charge in [-0.3, -0.25) is 4.79 Å². The van der Waals surface area contributed by atoms with Gasteiger partial charge in [0.15, 0.2) is 0 Å². The molecular formula is C40H43N3O. The van der Waals surface area contributed by atoms with Gasteiger partial charge in [-0.05, 0) is 91.0 Å². The molecule has 5 aromatic rings. The van der Waals surface area contributed by atoms with Crippen molar-refractivity contribution in [3.63, 3.8) is 0 Å². The molecule has 1 amide bonds. The SMILES string of the molecule is CN(C)C(=O)C(CCN1CCC(C2c3ccccc3CCn3c2cc2ccccc23)CC1)(c1ccccc1)c1ccccc1. The van der Waals surface area contributed by atoms with Crippen molar-refractivity contribution in [3.05, 3.63) is 143 Å². The molecule has 0 aliphatic carbocycles. The number of benzene rings is 4. The molecule has 0 spiro atoms. The molecule has 0 radical (unpaired) electrons. The smallest absolute Gasteiger partial charge is 0.237 e. The molecule has 1 unspecified atom stereocenters. The number of para-hydroxylation sites is 1. The van der Waals surface area contributed by atoms with Gasteiger partial charge in [-0.2, -0.15) is 0 Å². The van der Waals surface area contributed by atoms with E-state index in [9.17, 15) is 4.79 Å². The minimum atomic E-state index is -0.718. The van der Waals surface area contributed by atoms with E-state index >= 15 is 0 Å². The Morgan fingerprint density at radius 2 is 1.39 bits per heavy atom. The second-order valence-electron chi connectivity index (χ2n) is 13.0. The minimum Gasteiger partial charge on any atom is -0.348 e. The Labute approximate surface area is 261 Å². The summed E-state index contributed by atoms with van der Waals surface area (Å²) in [4.78, 5) is 18.5. The average Bonchev–Trinajstić information content (AvgIpc) is 3.35. The van der Waals surface area contributed by atoms with E-state index < -0.39 is 5.41 Å². The third kappa shape index (κ3) is 5.05. The van der Waals surface area contributed by atoms with Crippen LogP contribution < -0.4 is 0 Å². The molecule has 3 heterocycles. The first kappa shape index (κ1) is 28.6. The highest BCUT2D eigenvalue weighted by Gasteiger charge is 2.43. The number of aromatic nitrogens is 1. The number of hydrogen-bond donors (Lipinski definition) is 0. The van der Waals surface area contributed by atoms with E-state index in [1.807, 2.05) is 26.2 Å². The molecule has 0 bridgehead atoms. The zero-order valence-electron chi connectivity index (χ0n) is 26.0. The molecule has 0 saturated carbocycles. The third-order valence-corrected chi connectivity index (χ3v) is 10.4. The van der Waals surface area contributed by atoms with Crippen molar-refractivity contribution in [2.24, 2.45) is 5.92 Å². The number of piperidine rings is 1. The summed E-state index contributed by atoms with van der Waals surface area (Å²) in [6.07, 6.45) is 4.15. The maximum absolute atomic E-state index is 14.1. The Bertz CT molecular complexity index is 1690. The summed E-state index contributed by atoms with van der Waals surface area (Å²) >= 11 is 0. The molecule has 224 valence electrons. The summed E-state index contributed by atoms with van der Waals surface area (Å²) in [6.45, 7) is 4.03. The number of carbonyl (C=O) groups excluding carboxylic acids is 1. The van der Waals surface area contributed by atoms with Gasteiger partial charge in [0.05, 0.1) is 0 Å². The van der Waals surface area contributed by atoms with E-state index in [2.05, 4.69) is 113 Å². The maximum atomic E-state index is 14.1. The molecule has 0 N–H and O–H groups in total. The molecule has 4 nitrogen and oxygen atoms in total. The van der Waals surface area contributed by atoms with E-state index in [0.717, 1.165) is 63.0 Å². The average molecular weight is 582 g/mol. The van der Waals surface area contributed by atoms with E-state index in [1.54, 1.807) is 4.90 Å². The number of fused-ring (bicyclic) bond motifs is 4. The van der Waals surface area contributed by atoms with Crippen LogP contribution in [0.3, 0.4) is 0 Å². The summed E-state index contributed by atoms with van der Waals surface area (Å²) in [5.41, 5.74) is 7.30. The fraction of sp³-hybridized carbons (Fsp3) is 0.325. The summed E-state index contributed by atoms with van der Waals surface area (Å²) < 4.78 is 2.60. The zero-order chi connectivity index (χ0) is 30.1. The van der Waals surface area contributed by atoms with E-state index in [-0.39, 0.29) is 5.91 Å². The number of aryl methyl sites for hydroxylation is 2. The standard InChI is InChI=1S/C40H43N3O/c1-41(2)39(44)40(33-15-5-3-6-16-33,34-17-7-4-8-18-34)24-28-42-25-21-31(22-26-42)38-35-19-11-9-13-30(35)23-27-43-36-20-12-10-14-32(36)29-37(38)43/h3-20,29,31,38H,21-28H2,1-2H3. The topological polar surface area (TPSA) is 28.5 Å². The van der Waals surface area contributed by atoms with Crippen LogP contribution in [0.15, 0.2) is 115 Å². The van der Waals surface area contributed by atoms with Crippen molar-refractivity contribution < 1.29 is 4.79 Å². The Hall–Kier alpha value is -4.15. The van der Waals surface area contributed by atoms with Gasteiger partial charge in [0, 0.05) is 37.8 Å². The highest BCUT2D eigenvalue weighted by atomic mass is 16.2. The fourth-order valence-electron chi connectivity index (χ4n) is 8.16. The van der Waals surface area contributed by atoms with Crippen LogP contribution in [0.2, 0.25) is 0 Å². The quantitative estimate of drug-likeness (QED) is 0.199. The van der Waals surface area contributed by atoms with Crippen molar-refractivity contribution in [2.75, 3.05) is 33.7 Å². The number of rotatable bonds is 7. The van der Waals surface area contributed by atoms with Crippen molar-refractivity contribution in [2.45, 2.75) is 43.6 Å². The third-order valence-electron chi connectivity index (χ3n) is 10.4. The van der Waals surface area contributed by atoms with Gasteiger partial charge in [0.25, 0.3) is 0 Å². The first-order valence-corrected chi connectivity index (χ1v) is 16.3. The van der Waals surface area contributed by atoms with Gasteiger partial charge in [-0.1, -0.05) is 103 Å². The predicted molar refractivity (Wildman–Crippen MR) is 180 cm³/mol. The van der Waals surface area contributed by atoms with Crippen LogP contribution >= 0.6 is 0 Å². The summed E-state index contributed by atoms with van der Waals surface area (Å²) in [7, 11) is 3.77. The van der Waals surface area contributed by atoms with Crippen LogP contribution in [0, 0.1) is 5.92 Å². The van der Waals surface area contributed by atoms with E-state index in [4.69, 9.17) is 0 Å². The predicted octanol–water partition coefficient (Wildman–Crippen LogP) is 7.51. The first-order chi connectivity index (χ1) is 21.6. The van der Waals surface area contributed by atoms with Crippen molar-refractivity contribution in [1.82, 2.24) is 14.4 Å². The summed E-state index contributed by atoms with van der Waals surface area (Å²) in [6, 6.07) is 41.4. The second-order valence-corrected chi connectivity index (χ2v) is 13.0. The molecule has 1 fully saturated rings. The van der Waals surface area contributed by atoms with Gasteiger partial charge >= 0.3 is 0 Å². The minimum absolute atomic E-state index is 0.146. The molecule has 4 aromatic carbocycles. The molecule has 44 heavy (non-hydrogen) atoms. The zero-order valence-corrected chi connectivity index (χ0v) is 26.0. The lowest BCUT2D eigenvalue weighted by molar-refractivity contribution is -0.133. The van der Waals surface area contributed by atoms with E-state index in [0.29, 0.717) is 11.8 Å². The number of amides is 1. The number of likely N-dealkylation sites (tertiary alicyclic amines) is 1. The van der Waals surface area contributed by atoms with Gasteiger partial charge in [-0.25, -0.2) is 0 Å². The van der Waals surface area contributed by atoms with Crippen molar-refractivity contribution in [1.29, 1.82) is 0 Å². The molecule has 2 aliphatic rings. The lowest BCUT2D eigenvalue weighted by atomic mass is 9.70. The van der Waals surface area contributed by atoms with Crippen LogP contribution in [-0.2, 0) is 23.2 Å². The number of carbonyl (C=O) groups is 1. The number of likely N-dealkylation sites (N-methyl/N-ethyl adjacent to an activating group) is 1. The van der Waals surface area contributed by atoms with Crippen molar-refractivity contribution in [3.8, 4) is 0 Å². The molecular weight excluding hydrogens is 538 g/mol. The maximum Gasteiger partial charge on any atom is 0.237 e. The molecule has 4 heteroatoms. The molecule has 1 atom stereocenters. The van der Waals surface area contributed by atoms with Gasteiger partial charge in [0.1, 0.15) is 5.41 Å². The molecule has 7 rings (SSSR count). The van der Waals surface area contributed by atoms with Gasteiger partial charge in [0.2, 0.25) is 5.91 Å². The van der Waals surface area contributed by atoms with Crippen LogP contribution in [0.1, 0.15) is 53.1 Å². The monoisotopic (exact) mass is 581 g/mol. The van der Waals surface area contributed by atoms with E-state index in [1.165, 1.54) is 27.7 Å². The molecule has 1 aromatic heterocycles. The van der Waals surface area contributed by atoms with Gasteiger partial charge < -0.3 is 14.4 Å². The fourth-order valence-corrected chi connectivity index (χ4v) is 8.16. The normalized spacial score (nSPS) is 17.5. The van der Waals surface area contributed by atoms with Gasteiger partial charge in [-0.15, -0.1) is 0 Å². The number of hydrogen-bond acceptors (Lipinski definition) is 2. The summed E-state index contributed by atoms with van der Waals surface area (Å²) in [5.74, 6) is 1.14. The second kappa shape index (κ2) is 12.1. The molecule has 2 aliphatic heterocycles. The number of nitrogens with zero attached hydrogens (tertiary/aromatic N) is 3.